The Balaban J connectivity index is 2.35. The van der Waals surface area contributed by atoms with Gasteiger partial charge in [0.1, 0.15) is 5.75 Å². The summed E-state index contributed by atoms with van der Waals surface area (Å²) in [6, 6.07) is 5.94. The molecule has 5 heteroatoms. The molecule has 0 saturated heterocycles. The van der Waals surface area contributed by atoms with Crippen molar-refractivity contribution in [1.29, 1.82) is 0 Å². The van der Waals surface area contributed by atoms with Gasteiger partial charge >= 0.3 is 0 Å². The average Bonchev–Trinajstić information content (AvgIpc) is 2.87. The van der Waals surface area contributed by atoms with Crippen LogP contribution in [0.4, 0.5) is 0 Å². The predicted octanol–water partition coefficient (Wildman–Crippen LogP) is 4.20. The van der Waals surface area contributed by atoms with Gasteiger partial charge in [0, 0.05) is 5.38 Å². The molecule has 20 heavy (non-hydrogen) atoms. The number of aromatic nitrogens is 1. The molecule has 0 spiro atoms. The molecule has 2 rings (SSSR count). The number of ether oxygens (including phenoxy) is 1. The van der Waals surface area contributed by atoms with E-state index in [1.807, 2.05) is 25.1 Å². The van der Waals surface area contributed by atoms with Crippen molar-refractivity contribution in [3.63, 3.8) is 0 Å². The van der Waals surface area contributed by atoms with Crippen molar-refractivity contribution in [3.8, 4) is 5.75 Å². The highest BCUT2D eigenvalue weighted by molar-refractivity contribution is 7.09. The van der Waals surface area contributed by atoms with Gasteiger partial charge < -0.3 is 10.1 Å². The third-order valence-corrected chi connectivity index (χ3v) is 4.14. The van der Waals surface area contributed by atoms with E-state index in [-0.39, 0.29) is 6.04 Å². The molecule has 1 heterocycles. The van der Waals surface area contributed by atoms with Crippen LogP contribution in [0.25, 0.3) is 0 Å². The van der Waals surface area contributed by atoms with E-state index in [9.17, 15) is 0 Å². The zero-order chi connectivity index (χ0) is 14.5. The first-order valence-electron chi connectivity index (χ1n) is 6.64. The number of hydrogen-bond acceptors (Lipinski definition) is 4. The van der Waals surface area contributed by atoms with Crippen molar-refractivity contribution in [2.24, 2.45) is 0 Å². The third-order valence-electron chi connectivity index (χ3n) is 3.04. The van der Waals surface area contributed by atoms with Crippen LogP contribution in [0.15, 0.2) is 23.6 Å². The molecular formula is C15H19ClN2OS. The summed E-state index contributed by atoms with van der Waals surface area (Å²) in [5.74, 6) is 0.694. The fourth-order valence-electron chi connectivity index (χ4n) is 2.05. The van der Waals surface area contributed by atoms with E-state index in [1.165, 1.54) is 0 Å². The van der Waals surface area contributed by atoms with Crippen molar-refractivity contribution in [3.05, 3.63) is 44.9 Å². The molecule has 0 fully saturated rings. The van der Waals surface area contributed by atoms with Gasteiger partial charge in [-0.3, -0.25) is 0 Å². The standard InChI is InChI=1S/C15H19ClN2OS/c1-4-7-17-15(13-9-20-10(2)18-13)11-5-6-12(16)14(8-11)19-3/h5-6,8-9,15,17H,4,7H2,1-3H3. The molecule has 1 aromatic carbocycles. The summed E-state index contributed by atoms with van der Waals surface area (Å²) in [6.45, 7) is 5.11. The van der Waals surface area contributed by atoms with Crippen LogP contribution in [0.5, 0.6) is 5.75 Å². The Morgan fingerprint density at radius 3 is 2.85 bits per heavy atom. The molecule has 1 atom stereocenters. The van der Waals surface area contributed by atoms with E-state index in [4.69, 9.17) is 16.3 Å². The first-order valence-corrected chi connectivity index (χ1v) is 7.90. The van der Waals surface area contributed by atoms with Crippen molar-refractivity contribution < 1.29 is 4.74 Å². The van der Waals surface area contributed by atoms with Gasteiger partial charge in [0.2, 0.25) is 0 Å². The molecule has 0 aliphatic carbocycles. The van der Waals surface area contributed by atoms with Crippen LogP contribution in [-0.4, -0.2) is 18.6 Å². The van der Waals surface area contributed by atoms with Crippen molar-refractivity contribution in [1.82, 2.24) is 10.3 Å². The van der Waals surface area contributed by atoms with E-state index < -0.39 is 0 Å². The molecule has 0 saturated carbocycles. The van der Waals surface area contributed by atoms with Crippen molar-refractivity contribution in [2.45, 2.75) is 26.3 Å². The second-order valence-electron chi connectivity index (χ2n) is 4.57. The largest absolute Gasteiger partial charge is 0.495 e. The van der Waals surface area contributed by atoms with Gasteiger partial charge in [-0.05, 0) is 37.6 Å². The number of nitrogens with one attached hydrogen (secondary N) is 1. The van der Waals surface area contributed by atoms with Gasteiger partial charge in [-0.2, -0.15) is 0 Å². The van der Waals surface area contributed by atoms with Crippen LogP contribution in [0.3, 0.4) is 0 Å². The molecule has 0 radical (unpaired) electrons. The van der Waals surface area contributed by atoms with Crippen LogP contribution < -0.4 is 10.1 Å². The van der Waals surface area contributed by atoms with Gasteiger partial charge in [0.25, 0.3) is 0 Å². The Morgan fingerprint density at radius 1 is 1.45 bits per heavy atom. The molecule has 0 aliphatic heterocycles. The first kappa shape index (κ1) is 15.3. The summed E-state index contributed by atoms with van der Waals surface area (Å²) in [4.78, 5) is 4.60. The third kappa shape index (κ3) is 3.51. The smallest absolute Gasteiger partial charge is 0.137 e. The summed E-state index contributed by atoms with van der Waals surface area (Å²) < 4.78 is 5.30. The van der Waals surface area contributed by atoms with E-state index in [1.54, 1.807) is 18.4 Å². The summed E-state index contributed by atoms with van der Waals surface area (Å²) in [6.07, 6.45) is 1.07. The SMILES string of the molecule is CCCNC(c1ccc(Cl)c(OC)c1)c1csc(C)n1. The van der Waals surface area contributed by atoms with Crippen LogP contribution in [-0.2, 0) is 0 Å². The lowest BCUT2D eigenvalue weighted by Gasteiger charge is -2.18. The minimum Gasteiger partial charge on any atom is -0.495 e. The maximum absolute atomic E-state index is 6.10. The summed E-state index contributed by atoms with van der Waals surface area (Å²) in [5, 5.41) is 7.33. The molecule has 0 aliphatic rings. The van der Waals surface area contributed by atoms with E-state index in [2.05, 4.69) is 22.6 Å². The Kier molecular flexibility index (Phi) is 5.40. The molecule has 2 aromatic rings. The highest BCUT2D eigenvalue weighted by Gasteiger charge is 2.17. The number of methoxy groups -OCH3 is 1. The monoisotopic (exact) mass is 310 g/mol. The van der Waals surface area contributed by atoms with E-state index in [0.717, 1.165) is 29.2 Å². The van der Waals surface area contributed by atoms with Crippen LogP contribution in [0.1, 0.15) is 35.7 Å². The van der Waals surface area contributed by atoms with Crippen LogP contribution >= 0.6 is 22.9 Å². The van der Waals surface area contributed by atoms with Crippen molar-refractivity contribution >= 4 is 22.9 Å². The number of halogens is 1. The fraction of sp³-hybridized carbons (Fsp3) is 0.400. The van der Waals surface area contributed by atoms with Gasteiger partial charge in [-0.15, -0.1) is 11.3 Å². The van der Waals surface area contributed by atoms with Crippen LogP contribution in [0.2, 0.25) is 5.02 Å². The lowest BCUT2D eigenvalue weighted by molar-refractivity contribution is 0.413. The van der Waals surface area contributed by atoms with E-state index >= 15 is 0 Å². The Hall–Kier alpha value is -1.10. The number of thiazole rings is 1. The normalized spacial score (nSPS) is 12.4. The number of nitrogens with zero attached hydrogens (tertiary/aromatic N) is 1. The lowest BCUT2D eigenvalue weighted by atomic mass is 10.0. The molecule has 0 bridgehead atoms. The lowest BCUT2D eigenvalue weighted by Crippen LogP contribution is -2.23. The quantitative estimate of drug-likeness (QED) is 0.868. The molecular weight excluding hydrogens is 292 g/mol. The zero-order valence-electron chi connectivity index (χ0n) is 11.9. The molecule has 1 N–H and O–H groups in total. The fourth-order valence-corrected chi connectivity index (χ4v) is 2.88. The molecule has 0 amide bonds. The zero-order valence-corrected chi connectivity index (χ0v) is 13.5. The number of rotatable bonds is 6. The minimum atomic E-state index is 0.0751. The Bertz CT molecular complexity index is 571. The Morgan fingerprint density at radius 2 is 2.25 bits per heavy atom. The maximum atomic E-state index is 6.10. The molecule has 3 nitrogen and oxygen atoms in total. The van der Waals surface area contributed by atoms with E-state index in [0.29, 0.717) is 10.8 Å². The number of benzene rings is 1. The number of aryl methyl sites for hydroxylation is 1. The van der Waals surface area contributed by atoms with Crippen LogP contribution in [0, 0.1) is 6.92 Å². The van der Waals surface area contributed by atoms with Gasteiger partial charge in [-0.25, -0.2) is 4.98 Å². The topological polar surface area (TPSA) is 34.1 Å². The van der Waals surface area contributed by atoms with Gasteiger partial charge in [-0.1, -0.05) is 24.6 Å². The Labute approximate surface area is 129 Å². The van der Waals surface area contributed by atoms with Gasteiger partial charge in [0.15, 0.2) is 0 Å². The number of hydrogen-bond donors (Lipinski definition) is 1. The summed E-state index contributed by atoms with van der Waals surface area (Å²) in [5.41, 5.74) is 2.16. The van der Waals surface area contributed by atoms with Gasteiger partial charge in [0.05, 0.1) is 28.9 Å². The van der Waals surface area contributed by atoms with Crippen molar-refractivity contribution in [2.75, 3.05) is 13.7 Å². The second-order valence-corrected chi connectivity index (χ2v) is 6.04. The average molecular weight is 311 g/mol. The highest BCUT2D eigenvalue weighted by atomic mass is 35.5. The highest BCUT2D eigenvalue weighted by Crippen LogP contribution is 2.30. The maximum Gasteiger partial charge on any atom is 0.137 e. The molecule has 108 valence electrons. The summed E-state index contributed by atoms with van der Waals surface area (Å²) in [7, 11) is 1.63. The first-order chi connectivity index (χ1) is 9.65. The predicted molar refractivity (Wildman–Crippen MR) is 85.0 cm³/mol. The second kappa shape index (κ2) is 7.07. The minimum absolute atomic E-state index is 0.0751. The summed E-state index contributed by atoms with van der Waals surface area (Å²) >= 11 is 7.76. The molecule has 1 aromatic heterocycles. The molecule has 1 unspecified atom stereocenters.